The van der Waals surface area contributed by atoms with Crippen molar-refractivity contribution < 1.29 is 14.4 Å². The summed E-state index contributed by atoms with van der Waals surface area (Å²) in [5.74, 6) is -2.76. The Balaban J connectivity index is 1.48. The number of halogens is 3. The van der Waals surface area contributed by atoms with E-state index in [9.17, 15) is 14.4 Å². The van der Waals surface area contributed by atoms with Gasteiger partial charge in [0, 0.05) is 22.2 Å². The Morgan fingerprint density at radius 3 is 2.39 bits per heavy atom. The van der Waals surface area contributed by atoms with Crippen molar-refractivity contribution in [2.75, 3.05) is 10.6 Å². The number of fused-ring (bicyclic) bond motifs is 1. The number of hydrogen-bond donors (Lipinski definition) is 5. The van der Waals surface area contributed by atoms with Gasteiger partial charge < -0.3 is 21.3 Å². The summed E-state index contributed by atoms with van der Waals surface area (Å²) in [6.07, 6.45) is -1.55. The first-order chi connectivity index (χ1) is 14.8. The molecule has 31 heavy (non-hydrogen) atoms. The summed E-state index contributed by atoms with van der Waals surface area (Å²) in [4.78, 5) is 38.0. The van der Waals surface area contributed by atoms with E-state index in [0.717, 1.165) is 0 Å². The number of rotatable bonds is 4. The minimum Gasteiger partial charge on any atom is -0.352 e. The number of nitrogens with one attached hydrogen (secondary N) is 5. The molecule has 4 rings (SSSR count). The topological polar surface area (TPSA) is 111 Å². The third kappa shape index (κ3) is 4.88. The second kappa shape index (κ2) is 8.92. The molecular weight excluding hydrogens is 465 g/mol. The predicted octanol–water partition coefficient (Wildman–Crippen LogP) is 2.78. The highest BCUT2D eigenvalue weighted by atomic mass is 35.5. The van der Waals surface area contributed by atoms with Crippen LogP contribution in [0.3, 0.4) is 0 Å². The van der Waals surface area contributed by atoms with Crippen LogP contribution in [0, 0.1) is 11.8 Å². The lowest BCUT2D eigenvalue weighted by Gasteiger charge is -2.43. The molecule has 2 fully saturated rings. The minimum absolute atomic E-state index is 0.100. The van der Waals surface area contributed by atoms with Gasteiger partial charge in [0.1, 0.15) is 0 Å². The van der Waals surface area contributed by atoms with Crippen molar-refractivity contribution >= 4 is 63.9 Å². The summed E-state index contributed by atoms with van der Waals surface area (Å²) < 4.78 is 0. The van der Waals surface area contributed by atoms with E-state index in [1.807, 2.05) is 0 Å². The van der Waals surface area contributed by atoms with E-state index in [-0.39, 0.29) is 18.2 Å². The van der Waals surface area contributed by atoms with Gasteiger partial charge in [0.25, 0.3) is 0 Å². The van der Waals surface area contributed by atoms with Crippen LogP contribution in [0.1, 0.15) is 6.42 Å². The third-order valence-corrected chi connectivity index (χ3v) is 5.93. The molecule has 0 aliphatic carbocycles. The van der Waals surface area contributed by atoms with Gasteiger partial charge in [-0.25, -0.2) is 0 Å². The maximum Gasteiger partial charge on any atom is 0.229 e. The Labute approximate surface area is 193 Å². The average molecular weight is 483 g/mol. The first-order valence-electron chi connectivity index (χ1n) is 9.44. The van der Waals surface area contributed by atoms with Crippen molar-refractivity contribution in [2.24, 2.45) is 11.8 Å². The third-order valence-electron chi connectivity index (χ3n) is 5.13. The maximum absolute atomic E-state index is 12.9. The van der Waals surface area contributed by atoms with Crippen molar-refractivity contribution in [3.63, 3.8) is 0 Å². The molecule has 162 valence electrons. The average Bonchev–Trinajstić information content (AvgIpc) is 2.71. The Bertz CT molecular complexity index is 1030. The molecule has 0 radical (unpaired) electrons. The molecule has 0 bridgehead atoms. The van der Waals surface area contributed by atoms with Gasteiger partial charge in [-0.2, -0.15) is 0 Å². The number of carbonyl (C=O) groups excluding carboxylic acids is 3. The van der Waals surface area contributed by atoms with Gasteiger partial charge in [0.05, 0.1) is 28.7 Å². The van der Waals surface area contributed by atoms with Crippen LogP contribution in [0.15, 0.2) is 42.5 Å². The van der Waals surface area contributed by atoms with E-state index in [1.165, 1.54) is 0 Å². The van der Waals surface area contributed by atoms with Crippen LogP contribution in [-0.4, -0.2) is 30.2 Å². The number of carbonyl (C=O) groups is 3. The van der Waals surface area contributed by atoms with E-state index in [2.05, 4.69) is 26.6 Å². The van der Waals surface area contributed by atoms with Crippen LogP contribution < -0.4 is 26.6 Å². The first kappa shape index (κ1) is 21.7. The molecule has 5 N–H and O–H groups in total. The van der Waals surface area contributed by atoms with Crippen LogP contribution in [0.25, 0.3) is 0 Å². The molecule has 0 aromatic heterocycles. The van der Waals surface area contributed by atoms with Crippen LogP contribution in [-0.2, 0) is 14.4 Å². The van der Waals surface area contributed by atoms with E-state index in [0.29, 0.717) is 26.4 Å². The standard InChI is InChI=1S/C20H18Cl3N5O3/c21-9-1-4-11(5-2-9)24-18(30)12-8-15(29)26-17-16(12)19(31)28-20(27-17)25-14-6-3-10(22)7-13(14)23/h1-7,12,16-17,20,25,27H,8H2,(H,24,30)(H,26,29)(H,28,31). The summed E-state index contributed by atoms with van der Waals surface area (Å²) >= 11 is 18.0. The molecule has 2 aliphatic rings. The fourth-order valence-electron chi connectivity index (χ4n) is 3.68. The fourth-order valence-corrected chi connectivity index (χ4v) is 4.27. The quantitative estimate of drug-likeness (QED) is 0.460. The fraction of sp³-hybridized carbons (Fsp3) is 0.250. The highest BCUT2D eigenvalue weighted by Crippen LogP contribution is 2.30. The summed E-state index contributed by atoms with van der Waals surface area (Å²) in [5, 5.41) is 15.8. The van der Waals surface area contributed by atoms with Gasteiger partial charge in [0.2, 0.25) is 17.7 Å². The number of anilines is 2. The monoisotopic (exact) mass is 481 g/mol. The molecule has 8 nitrogen and oxygen atoms in total. The molecule has 4 atom stereocenters. The zero-order chi connectivity index (χ0) is 22.1. The predicted molar refractivity (Wildman–Crippen MR) is 119 cm³/mol. The number of piperidine rings is 1. The zero-order valence-corrected chi connectivity index (χ0v) is 18.2. The number of hydrogen-bond acceptors (Lipinski definition) is 5. The lowest BCUT2D eigenvalue weighted by atomic mass is 9.81. The zero-order valence-electron chi connectivity index (χ0n) is 15.9. The van der Waals surface area contributed by atoms with E-state index < -0.39 is 30.2 Å². The Hall–Kier alpha value is -2.52. The van der Waals surface area contributed by atoms with Crippen LogP contribution in [0.5, 0.6) is 0 Å². The maximum atomic E-state index is 12.9. The minimum atomic E-state index is -0.845. The Kier molecular flexibility index (Phi) is 6.24. The molecule has 2 aromatic rings. The second-order valence-electron chi connectivity index (χ2n) is 7.25. The molecule has 4 unspecified atom stereocenters. The van der Waals surface area contributed by atoms with Gasteiger partial charge in [0.15, 0.2) is 6.29 Å². The van der Waals surface area contributed by atoms with Gasteiger partial charge in [-0.15, -0.1) is 0 Å². The number of benzene rings is 2. The van der Waals surface area contributed by atoms with E-state index in [1.54, 1.807) is 42.5 Å². The van der Waals surface area contributed by atoms with Crippen molar-refractivity contribution in [2.45, 2.75) is 18.9 Å². The molecule has 3 amide bonds. The Morgan fingerprint density at radius 2 is 1.68 bits per heavy atom. The normalized spacial score (nSPS) is 25.1. The van der Waals surface area contributed by atoms with Crippen molar-refractivity contribution in [3.8, 4) is 0 Å². The molecule has 2 aromatic carbocycles. The van der Waals surface area contributed by atoms with E-state index >= 15 is 0 Å². The molecular formula is C20H18Cl3N5O3. The molecule has 0 spiro atoms. The molecule has 2 heterocycles. The second-order valence-corrected chi connectivity index (χ2v) is 8.53. The van der Waals surface area contributed by atoms with Crippen molar-refractivity contribution in [3.05, 3.63) is 57.5 Å². The van der Waals surface area contributed by atoms with Gasteiger partial charge >= 0.3 is 0 Å². The van der Waals surface area contributed by atoms with Crippen LogP contribution in [0.4, 0.5) is 11.4 Å². The molecule has 0 saturated carbocycles. The summed E-state index contributed by atoms with van der Waals surface area (Å²) in [5.41, 5.74) is 1.07. The van der Waals surface area contributed by atoms with Crippen molar-refractivity contribution in [1.29, 1.82) is 0 Å². The first-order valence-corrected chi connectivity index (χ1v) is 10.6. The lowest BCUT2D eigenvalue weighted by molar-refractivity contribution is -0.144. The summed E-state index contributed by atoms with van der Waals surface area (Å²) in [6, 6.07) is 11.5. The lowest BCUT2D eigenvalue weighted by Crippen LogP contribution is -2.72. The van der Waals surface area contributed by atoms with E-state index in [4.69, 9.17) is 34.8 Å². The van der Waals surface area contributed by atoms with Crippen molar-refractivity contribution in [1.82, 2.24) is 16.0 Å². The largest absolute Gasteiger partial charge is 0.352 e. The van der Waals surface area contributed by atoms with Gasteiger partial charge in [-0.3, -0.25) is 19.7 Å². The SMILES string of the molecule is O=C1CC(C(=O)Nc2ccc(Cl)cc2)C2C(=O)NC(Nc3ccc(Cl)cc3Cl)NC2N1. The highest BCUT2D eigenvalue weighted by Gasteiger charge is 2.48. The molecule has 2 aliphatic heterocycles. The summed E-state index contributed by atoms with van der Waals surface area (Å²) in [6.45, 7) is 0. The highest BCUT2D eigenvalue weighted by molar-refractivity contribution is 6.36. The van der Waals surface area contributed by atoms with Gasteiger partial charge in [-0.05, 0) is 42.5 Å². The number of amides is 3. The molecule has 11 heteroatoms. The smallest absolute Gasteiger partial charge is 0.229 e. The summed E-state index contributed by atoms with van der Waals surface area (Å²) in [7, 11) is 0. The Morgan fingerprint density at radius 1 is 0.968 bits per heavy atom. The molecule has 2 saturated heterocycles. The van der Waals surface area contributed by atoms with Gasteiger partial charge in [-0.1, -0.05) is 34.8 Å². The van der Waals surface area contributed by atoms with Crippen LogP contribution in [0.2, 0.25) is 15.1 Å². The van der Waals surface area contributed by atoms with Crippen LogP contribution >= 0.6 is 34.8 Å².